The normalized spacial score (nSPS) is 15.1. The van der Waals surface area contributed by atoms with Crippen molar-refractivity contribution in [1.29, 1.82) is 0 Å². The van der Waals surface area contributed by atoms with E-state index in [1.165, 1.54) is 11.8 Å². The van der Waals surface area contributed by atoms with E-state index in [-0.39, 0.29) is 12.4 Å². The number of benzene rings is 1. The number of furan rings is 1. The number of halogens is 1. The molecule has 1 aromatic heterocycles. The fourth-order valence-corrected chi connectivity index (χ4v) is 3.49. The van der Waals surface area contributed by atoms with Crippen molar-refractivity contribution < 1.29 is 19.1 Å². The molecule has 2 N–H and O–H groups in total. The van der Waals surface area contributed by atoms with Crippen LogP contribution in [-0.2, 0) is 9.59 Å². The maximum Gasteiger partial charge on any atom is 0.290 e. The van der Waals surface area contributed by atoms with Gasteiger partial charge in [-0.2, -0.15) is 0 Å². The van der Waals surface area contributed by atoms with E-state index in [1.54, 1.807) is 12.2 Å². The zero-order valence-electron chi connectivity index (χ0n) is 19.6. The summed E-state index contributed by atoms with van der Waals surface area (Å²) in [4.78, 5) is 25.7. The van der Waals surface area contributed by atoms with Crippen LogP contribution in [0.4, 0.5) is 5.69 Å². The minimum absolute atomic E-state index is 0.112. The zero-order valence-corrected chi connectivity index (χ0v) is 22.0. The topological polar surface area (TPSA) is 91.9 Å². The number of aliphatic imine (C=N–C) groups is 1. The Morgan fingerprint density at radius 1 is 1.27 bits per heavy atom. The monoisotopic (exact) mass is 534 g/mol. The van der Waals surface area contributed by atoms with Gasteiger partial charge in [0, 0.05) is 10.5 Å². The van der Waals surface area contributed by atoms with E-state index >= 15 is 0 Å². The molecule has 6 nitrogen and oxygen atoms in total. The summed E-state index contributed by atoms with van der Waals surface area (Å²) in [5.74, 6) is 1.34. The standard InChI is InChI=1S/C19H17BrN2O2S.C3H6.C2H6.CH2O2/c1-3-12(2)16-8-7-15(24-16)10-17-19(23)21-11-18(25-17)22-14-6-4-5-13(20)9-14;1-3-2;1-2;2-1-3/h3-10H,11H2,1-2H3,(H,21,23);3H,1H2,2H3;1-2H3;1H,(H,2,3)/b12-3+,17-10-,22-18?;;;. The van der Waals surface area contributed by atoms with Gasteiger partial charge in [-0.05, 0) is 56.7 Å². The highest BCUT2D eigenvalue weighted by molar-refractivity contribution is 9.10. The van der Waals surface area contributed by atoms with E-state index in [0.717, 1.165) is 26.5 Å². The highest BCUT2D eigenvalue weighted by Gasteiger charge is 2.21. The number of carbonyl (C=O) groups excluding carboxylic acids is 1. The van der Waals surface area contributed by atoms with Crippen molar-refractivity contribution in [3.63, 3.8) is 0 Å². The average molecular weight is 536 g/mol. The van der Waals surface area contributed by atoms with Gasteiger partial charge in [0.1, 0.15) is 11.5 Å². The van der Waals surface area contributed by atoms with E-state index in [0.29, 0.717) is 17.2 Å². The predicted octanol–water partition coefficient (Wildman–Crippen LogP) is 7.32. The smallest absolute Gasteiger partial charge is 0.290 e. The van der Waals surface area contributed by atoms with Crippen molar-refractivity contribution >= 4 is 62.5 Å². The molecule has 0 bridgehead atoms. The molecule has 0 atom stereocenters. The number of carboxylic acid groups (broad SMARTS) is 1. The summed E-state index contributed by atoms with van der Waals surface area (Å²) in [6.07, 6.45) is 5.49. The van der Waals surface area contributed by atoms with E-state index in [4.69, 9.17) is 14.3 Å². The lowest BCUT2D eigenvalue weighted by Crippen LogP contribution is -2.33. The van der Waals surface area contributed by atoms with Gasteiger partial charge in [0.05, 0.1) is 22.2 Å². The molecule has 0 saturated carbocycles. The number of allylic oxidation sites excluding steroid dienone is 3. The molecule has 2 heterocycles. The molecule has 0 spiro atoms. The minimum atomic E-state index is -0.250. The Morgan fingerprint density at radius 2 is 1.91 bits per heavy atom. The first-order valence-electron chi connectivity index (χ1n) is 10.3. The number of hydrogen-bond donors (Lipinski definition) is 2. The van der Waals surface area contributed by atoms with Crippen LogP contribution in [0.5, 0.6) is 0 Å². The molecule has 3 rings (SSSR count). The van der Waals surface area contributed by atoms with Crippen molar-refractivity contribution in [2.24, 2.45) is 4.99 Å². The van der Waals surface area contributed by atoms with Crippen LogP contribution in [0.1, 0.15) is 46.1 Å². The molecule has 178 valence electrons. The summed E-state index contributed by atoms with van der Waals surface area (Å²) >= 11 is 4.81. The van der Waals surface area contributed by atoms with E-state index < -0.39 is 0 Å². The first-order chi connectivity index (χ1) is 15.9. The second kappa shape index (κ2) is 17.7. The van der Waals surface area contributed by atoms with Crippen LogP contribution < -0.4 is 5.32 Å². The van der Waals surface area contributed by atoms with Gasteiger partial charge >= 0.3 is 0 Å². The largest absolute Gasteiger partial charge is 0.483 e. The number of nitrogens with one attached hydrogen (secondary N) is 1. The van der Waals surface area contributed by atoms with Gasteiger partial charge in [0.2, 0.25) is 0 Å². The van der Waals surface area contributed by atoms with Crippen LogP contribution in [0, 0.1) is 0 Å². The van der Waals surface area contributed by atoms with Crippen molar-refractivity contribution in [1.82, 2.24) is 5.32 Å². The Labute approximate surface area is 208 Å². The summed E-state index contributed by atoms with van der Waals surface area (Å²) in [7, 11) is 0. The fourth-order valence-electron chi connectivity index (χ4n) is 2.21. The predicted molar refractivity (Wildman–Crippen MR) is 144 cm³/mol. The van der Waals surface area contributed by atoms with Crippen molar-refractivity contribution in [2.45, 2.75) is 34.6 Å². The van der Waals surface area contributed by atoms with Gasteiger partial charge in [-0.15, -0.1) is 6.58 Å². The number of hydrogen-bond acceptors (Lipinski definition) is 5. The summed E-state index contributed by atoms with van der Waals surface area (Å²) in [6, 6.07) is 11.5. The first-order valence-corrected chi connectivity index (χ1v) is 11.9. The second-order valence-corrected chi connectivity index (χ2v) is 8.00. The zero-order chi connectivity index (χ0) is 25.2. The molecule has 1 amide bonds. The Hall–Kier alpha value is -2.84. The Morgan fingerprint density at radius 3 is 2.48 bits per heavy atom. The lowest BCUT2D eigenvalue weighted by molar-refractivity contribution is -0.123. The number of rotatable bonds is 3. The number of amides is 1. The SMILES string of the molecule is C/C=C(\C)c1ccc(/C=C2\SC(=Nc3cccc(Br)c3)CNC2=O)o1.C=CC.CC.O=CO. The molecule has 2 aromatic rings. The number of carbonyl (C=O) groups is 2. The highest BCUT2D eigenvalue weighted by Crippen LogP contribution is 2.28. The maximum absolute atomic E-state index is 12.1. The Kier molecular flexibility index (Phi) is 16.2. The average Bonchev–Trinajstić information content (AvgIpc) is 3.27. The van der Waals surface area contributed by atoms with E-state index in [2.05, 4.69) is 32.8 Å². The summed E-state index contributed by atoms with van der Waals surface area (Å²) in [5.41, 5.74) is 1.90. The summed E-state index contributed by atoms with van der Waals surface area (Å²) in [5, 5.41) is 10.6. The molecule has 1 aliphatic rings. The van der Waals surface area contributed by atoms with Crippen LogP contribution >= 0.6 is 27.7 Å². The van der Waals surface area contributed by atoms with Gasteiger partial charge in [0.25, 0.3) is 12.4 Å². The van der Waals surface area contributed by atoms with Crippen LogP contribution in [0.15, 0.2) is 73.9 Å². The second-order valence-electron chi connectivity index (χ2n) is 5.97. The summed E-state index contributed by atoms with van der Waals surface area (Å²) < 4.78 is 6.74. The Balaban J connectivity index is 0.00000113. The van der Waals surface area contributed by atoms with Crippen LogP contribution in [0.2, 0.25) is 0 Å². The highest BCUT2D eigenvalue weighted by atomic mass is 79.9. The molecule has 0 aliphatic carbocycles. The molecule has 0 unspecified atom stereocenters. The molecule has 33 heavy (non-hydrogen) atoms. The first kappa shape index (κ1) is 30.2. The van der Waals surface area contributed by atoms with Crippen molar-refractivity contribution in [2.75, 3.05) is 6.54 Å². The number of thioether (sulfide) groups is 1. The van der Waals surface area contributed by atoms with Gasteiger partial charge in [-0.25, -0.2) is 4.99 Å². The Bertz CT molecular complexity index is 988. The molecule has 8 heteroatoms. The third-order valence-electron chi connectivity index (χ3n) is 3.64. The lowest BCUT2D eigenvalue weighted by atomic mass is 10.2. The fraction of sp³-hybridized carbons (Fsp3) is 0.240. The molecule has 1 aromatic carbocycles. The molecule has 1 fully saturated rings. The van der Waals surface area contributed by atoms with Gasteiger partial charge in [-0.3, -0.25) is 9.59 Å². The van der Waals surface area contributed by atoms with Crippen molar-refractivity contribution in [3.05, 3.63) is 76.0 Å². The van der Waals surface area contributed by atoms with Crippen LogP contribution in [0.25, 0.3) is 11.6 Å². The maximum atomic E-state index is 12.1. The van der Waals surface area contributed by atoms with Crippen molar-refractivity contribution in [3.8, 4) is 0 Å². The third kappa shape index (κ3) is 11.5. The van der Waals surface area contributed by atoms with E-state index in [9.17, 15) is 4.79 Å². The van der Waals surface area contributed by atoms with Gasteiger partial charge in [-0.1, -0.05) is 59.8 Å². The van der Waals surface area contributed by atoms with Crippen LogP contribution in [-0.4, -0.2) is 29.1 Å². The quantitative estimate of drug-likeness (QED) is 0.244. The molecule has 0 radical (unpaired) electrons. The summed E-state index contributed by atoms with van der Waals surface area (Å²) in [6.45, 7) is 13.4. The molecule has 1 saturated heterocycles. The van der Waals surface area contributed by atoms with E-state index in [1.807, 2.05) is 77.1 Å². The lowest BCUT2D eigenvalue weighted by Gasteiger charge is -2.16. The molecular weight excluding hydrogens is 504 g/mol. The molecule has 1 aliphatic heterocycles. The van der Waals surface area contributed by atoms with Crippen LogP contribution in [0.3, 0.4) is 0 Å². The third-order valence-corrected chi connectivity index (χ3v) is 5.12. The molecular formula is C25H31BrN2O4S. The minimum Gasteiger partial charge on any atom is -0.483 e. The van der Waals surface area contributed by atoms with Gasteiger partial charge in [0.15, 0.2) is 0 Å². The van der Waals surface area contributed by atoms with Gasteiger partial charge < -0.3 is 14.8 Å². The number of nitrogens with zero attached hydrogens (tertiary/aromatic N) is 1.